The van der Waals surface area contributed by atoms with Crippen LogP contribution in [0.25, 0.3) is 0 Å². The Labute approximate surface area is 173 Å². The number of nitrogens with one attached hydrogen (secondary N) is 2. The molecule has 28 heavy (non-hydrogen) atoms. The minimum atomic E-state index is -0.195. The maximum absolute atomic E-state index is 14.7. The van der Waals surface area contributed by atoms with E-state index < -0.39 is 0 Å². The number of likely N-dealkylation sites (N-methyl/N-ethyl adjacent to an activating group) is 1. The largest absolute Gasteiger partial charge is 0.367 e. The van der Waals surface area contributed by atoms with Gasteiger partial charge in [-0.25, -0.2) is 4.39 Å². The molecule has 1 aromatic rings. The number of nitrogens with zero attached hydrogens (tertiary/aromatic N) is 3. The summed E-state index contributed by atoms with van der Waals surface area (Å²) < 4.78 is 14.7. The van der Waals surface area contributed by atoms with Crippen LogP contribution in [-0.4, -0.2) is 54.5 Å². The number of thiocarbonyl (C=S) groups is 1. The van der Waals surface area contributed by atoms with Crippen molar-refractivity contribution in [1.82, 2.24) is 15.6 Å². The van der Waals surface area contributed by atoms with E-state index in [-0.39, 0.29) is 5.82 Å². The number of piperazine rings is 1. The molecule has 2 aliphatic rings. The molecule has 1 aliphatic carbocycles. The van der Waals surface area contributed by atoms with Crippen LogP contribution in [0.5, 0.6) is 0 Å². The molecule has 0 amide bonds. The van der Waals surface area contributed by atoms with E-state index in [2.05, 4.69) is 32.6 Å². The molecule has 0 radical (unpaired) electrons. The van der Waals surface area contributed by atoms with Crippen molar-refractivity contribution in [2.45, 2.75) is 52.0 Å². The summed E-state index contributed by atoms with van der Waals surface area (Å²) in [5, 5.41) is 8.21. The molecule has 1 aromatic carbocycles. The van der Waals surface area contributed by atoms with E-state index in [0.29, 0.717) is 22.6 Å². The van der Waals surface area contributed by atoms with E-state index in [1.165, 1.54) is 19.3 Å². The normalized spacial score (nSPS) is 19.5. The van der Waals surface area contributed by atoms with Crippen molar-refractivity contribution in [3.63, 3.8) is 0 Å². The summed E-state index contributed by atoms with van der Waals surface area (Å²) in [5.74, 6) is -0.195. The van der Waals surface area contributed by atoms with E-state index in [1.807, 2.05) is 19.1 Å². The third kappa shape index (κ3) is 5.64. The fourth-order valence-corrected chi connectivity index (χ4v) is 4.17. The van der Waals surface area contributed by atoms with Crippen molar-refractivity contribution in [2.75, 3.05) is 37.6 Å². The molecular formula is C21H32FN5S. The zero-order valence-electron chi connectivity index (χ0n) is 17.0. The fraction of sp³-hybridized carbons (Fsp3) is 0.619. The van der Waals surface area contributed by atoms with Crippen LogP contribution in [0.15, 0.2) is 23.3 Å². The molecule has 0 bridgehead atoms. The second-order valence-corrected chi connectivity index (χ2v) is 8.11. The Bertz CT molecular complexity index is 694. The number of hydrazone groups is 1. The lowest BCUT2D eigenvalue weighted by atomic mass is 9.96. The van der Waals surface area contributed by atoms with Crippen LogP contribution in [0.3, 0.4) is 0 Å². The number of hydrogen-bond donors (Lipinski definition) is 2. The summed E-state index contributed by atoms with van der Waals surface area (Å²) in [6.45, 7) is 8.76. The molecule has 1 saturated heterocycles. The Hall–Kier alpha value is -1.73. The van der Waals surface area contributed by atoms with E-state index in [1.54, 1.807) is 6.07 Å². The number of anilines is 1. The fourth-order valence-electron chi connectivity index (χ4n) is 3.96. The Morgan fingerprint density at radius 2 is 1.89 bits per heavy atom. The molecule has 1 aliphatic heterocycles. The molecule has 1 heterocycles. The van der Waals surface area contributed by atoms with Crippen molar-refractivity contribution in [1.29, 1.82) is 0 Å². The first kappa shape index (κ1) is 21.0. The Morgan fingerprint density at radius 3 is 2.54 bits per heavy atom. The quantitative estimate of drug-likeness (QED) is 0.446. The molecule has 2 N–H and O–H groups in total. The SMILES string of the molecule is CCN1CCN(c2ccc(/C(C)=N\NC(=S)NC3CCCCC3)cc2F)CC1. The van der Waals surface area contributed by atoms with Crippen LogP contribution < -0.4 is 15.6 Å². The standard InChI is InChI=1S/C21H32FN5S/c1-3-26-11-13-27(14-12-26)20-10-9-17(15-19(20)22)16(2)24-25-21(28)23-18-7-5-4-6-8-18/h9-10,15,18H,3-8,11-14H2,1-2H3,(H2,23,25,28)/b24-16-. The Balaban J connectivity index is 1.56. The predicted octanol–water partition coefficient (Wildman–Crippen LogP) is 3.49. The van der Waals surface area contributed by atoms with Gasteiger partial charge in [0, 0.05) is 37.8 Å². The highest BCUT2D eigenvalue weighted by molar-refractivity contribution is 7.80. The summed E-state index contributed by atoms with van der Waals surface area (Å²) in [6, 6.07) is 5.81. The van der Waals surface area contributed by atoms with Gasteiger partial charge in [0.05, 0.1) is 11.4 Å². The molecule has 0 aromatic heterocycles. The number of rotatable bonds is 5. The topological polar surface area (TPSA) is 42.9 Å². The molecule has 154 valence electrons. The van der Waals surface area contributed by atoms with Crippen molar-refractivity contribution >= 4 is 28.7 Å². The van der Waals surface area contributed by atoms with Crippen LogP contribution in [0.1, 0.15) is 51.5 Å². The van der Waals surface area contributed by atoms with E-state index >= 15 is 0 Å². The van der Waals surface area contributed by atoms with Gasteiger partial charge in [-0.2, -0.15) is 5.10 Å². The third-order valence-electron chi connectivity index (χ3n) is 5.79. The summed E-state index contributed by atoms with van der Waals surface area (Å²) in [4.78, 5) is 4.51. The highest BCUT2D eigenvalue weighted by atomic mass is 32.1. The Kier molecular flexibility index (Phi) is 7.62. The van der Waals surface area contributed by atoms with Crippen molar-refractivity contribution in [3.05, 3.63) is 29.6 Å². The summed E-state index contributed by atoms with van der Waals surface area (Å²) >= 11 is 5.34. The Morgan fingerprint density at radius 1 is 1.18 bits per heavy atom. The molecular weight excluding hydrogens is 373 g/mol. The maximum Gasteiger partial charge on any atom is 0.187 e. The van der Waals surface area contributed by atoms with E-state index in [0.717, 1.165) is 51.1 Å². The highest BCUT2D eigenvalue weighted by Crippen LogP contribution is 2.22. The first-order valence-corrected chi connectivity index (χ1v) is 10.9. The van der Waals surface area contributed by atoms with Crippen LogP contribution in [-0.2, 0) is 0 Å². The second kappa shape index (κ2) is 10.2. The van der Waals surface area contributed by atoms with Gasteiger partial charge in [0.2, 0.25) is 0 Å². The van der Waals surface area contributed by atoms with Crippen LogP contribution in [0.4, 0.5) is 10.1 Å². The second-order valence-electron chi connectivity index (χ2n) is 7.70. The first-order valence-electron chi connectivity index (χ1n) is 10.4. The summed E-state index contributed by atoms with van der Waals surface area (Å²) in [5.41, 5.74) is 5.06. The van der Waals surface area contributed by atoms with Gasteiger partial charge in [-0.15, -0.1) is 0 Å². The average Bonchev–Trinajstić information content (AvgIpc) is 2.73. The predicted molar refractivity (Wildman–Crippen MR) is 119 cm³/mol. The molecule has 0 spiro atoms. The smallest absolute Gasteiger partial charge is 0.187 e. The van der Waals surface area contributed by atoms with Crippen molar-refractivity contribution in [2.24, 2.45) is 5.10 Å². The lowest BCUT2D eigenvalue weighted by Gasteiger charge is -2.35. The van der Waals surface area contributed by atoms with Crippen LogP contribution in [0, 0.1) is 5.82 Å². The molecule has 0 unspecified atom stereocenters. The average molecular weight is 406 g/mol. The van der Waals surface area contributed by atoms with Gasteiger partial charge >= 0.3 is 0 Å². The summed E-state index contributed by atoms with van der Waals surface area (Å²) in [6.07, 6.45) is 6.13. The van der Waals surface area contributed by atoms with Gasteiger partial charge in [0.1, 0.15) is 5.82 Å². The van der Waals surface area contributed by atoms with E-state index in [9.17, 15) is 4.39 Å². The van der Waals surface area contributed by atoms with Gasteiger partial charge in [-0.05, 0) is 50.7 Å². The van der Waals surface area contributed by atoms with Crippen LogP contribution >= 0.6 is 12.2 Å². The van der Waals surface area contributed by atoms with Crippen molar-refractivity contribution < 1.29 is 4.39 Å². The summed E-state index contributed by atoms with van der Waals surface area (Å²) in [7, 11) is 0. The van der Waals surface area contributed by atoms with Crippen molar-refractivity contribution in [3.8, 4) is 0 Å². The minimum absolute atomic E-state index is 0.195. The molecule has 3 rings (SSSR count). The maximum atomic E-state index is 14.7. The monoisotopic (exact) mass is 405 g/mol. The lowest BCUT2D eigenvalue weighted by Crippen LogP contribution is -2.46. The van der Waals surface area contributed by atoms with Gasteiger partial charge in [0.25, 0.3) is 0 Å². The zero-order valence-corrected chi connectivity index (χ0v) is 17.8. The first-order chi connectivity index (χ1) is 13.6. The molecule has 1 saturated carbocycles. The molecule has 5 nitrogen and oxygen atoms in total. The van der Waals surface area contributed by atoms with E-state index in [4.69, 9.17) is 12.2 Å². The van der Waals surface area contributed by atoms with Gasteiger partial charge in [-0.3, -0.25) is 5.43 Å². The number of hydrogen-bond acceptors (Lipinski definition) is 4. The minimum Gasteiger partial charge on any atom is -0.367 e. The van der Waals surface area contributed by atoms with Gasteiger partial charge < -0.3 is 15.1 Å². The molecule has 2 fully saturated rings. The molecule has 7 heteroatoms. The number of halogens is 1. The lowest BCUT2D eigenvalue weighted by molar-refractivity contribution is 0.270. The zero-order chi connectivity index (χ0) is 19.9. The third-order valence-corrected chi connectivity index (χ3v) is 6.00. The van der Waals surface area contributed by atoms with Gasteiger partial charge in [0.15, 0.2) is 5.11 Å². The van der Waals surface area contributed by atoms with Crippen LogP contribution in [0.2, 0.25) is 0 Å². The highest BCUT2D eigenvalue weighted by Gasteiger charge is 2.19. The number of benzene rings is 1. The molecule has 0 atom stereocenters. The van der Waals surface area contributed by atoms with Gasteiger partial charge in [-0.1, -0.05) is 32.3 Å².